The van der Waals surface area contributed by atoms with Gasteiger partial charge in [0.05, 0.1) is 10.3 Å². The average molecular weight is 337 g/mol. The molecule has 7 heteroatoms. The van der Waals surface area contributed by atoms with E-state index >= 15 is 0 Å². The van der Waals surface area contributed by atoms with Gasteiger partial charge in [-0.25, -0.2) is 0 Å². The smallest absolute Gasteiger partial charge is 0.287 e. The lowest BCUT2D eigenvalue weighted by molar-refractivity contribution is -0.385. The molecular weight excluding hydrogens is 325 g/mol. The first-order valence-electron chi connectivity index (χ1n) is 5.31. The van der Waals surface area contributed by atoms with Gasteiger partial charge in [-0.05, 0) is 22.0 Å². The predicted octanol–water partition coefficient (Wildman–Crippen LogP) is 3.13. The number of hydrogen-bond acceptors (Lipinski definition) is 4. The summed E-state index contributed by atoms with van der Waals surface area (Å²) in [7, 11) is 1.57. The first-order valence-corrected chi connectivity index (χ1v) is 6.54. The van der Waals surface area contributed by atoms with E-state index in [2.05, 4.69) is 15.9 Å². The van der Waals surface area contributed by atoms with Crippen LogP contribution in [0.2, 0.25) is 0 Å². The molecule has 5 nitrogen and oxygen atoms in total. The molecule has 2 rings (SSSR count). The van der Waals surface area contributed by atoms with Gasteiger partial charge in [0.1, 0.15) is 22.4 Å². The summed E-state index contributed by atoms with van der Waals surface area (Å²) in [6.07, 6.45) is 0.309. The number of hydrogen-bond donors (Lipinski definition) is 0. The van der Waals surface area contributed by atoms with Crippen molar-refractivity contribution in [1.82, 2.24) is 0 Å². The van der Waals surface area contributed by atoms with E-state index in [4.69, 9.17) is 21.1 Å². The van der Waals surface area contributed by atoms with Crippen LogP contribution in [0, 0.1) is 10.1 Å². The molecule has 1 aliphatic rings. The molecule has 98 valence electrons. The van der Waals surface area contributed by atoms with Crippen LogP contribution in [0.5, 0.6) is 5.75 Å². The third-order valence-electron chi connectivity index (χ3n) is 2.87. The molecule has 18 heavy (non-hydrogen) atoms. The van der Waals surface area contributed by atoms with Gasteiger partial charge < -0.3 is 9.47 Å². The van der Waals surface area contributed by atoms with Gasteiger partial charge in [-0.1, -0.05) is 6.07 Å². The minimum Gasteiger partial charge on any atom is -0.486 e. The topological polar surface area (TPSA) is 61.6 Å². The van der Waals surface area contributed by atoms with Gasteiger partial charge in [-0.3, -0.25) is 10.1 Å². The Kier molecular flexibility index (Phi) is 4.09. The van der Waals surface area contributed by atoms with Gasteiger partial charge in [-0.15, -0.1) is 11.6 Å². The van der Waals surface area contributed by atoms with Gasteiger partial charge in [-0.2, -0.15) is 0 Å². The molecular formula is C11H11BrClNO4. The van der Waals surface area contributed by atoms with Gasteiger partial charge in [0.15, 0.2) is 0 Å². The summed E-state index contributed by atoms with van der Waals surface area (Å²) in [5.74, 6) is 0.430. The van der Waals surface area contributed by atoms with Crippen LogP contribution in [0.4, 0.5) is 5.69 Å². The Balaban J connectivity index is 2.15. The van der Waals surface area contributed by atoms with Crippen molar-refractivity contribution in [2.75, 3.05) is 7.11 Å². The van der Waals surface area contributed by atoms with Gasteiger partial charge in [0.25, 0.3) is 5.69 Å². The molecule has 1 aromatic rings. The number of nitro groups is 1. The highest BCUT2D eigenvalue weighted by Gasteiger charge is 2.42. The Labute approximate surface area is 117 Å². The third kappa shape index (κ3) is 2.46. The van der Waals surface area contributed by atoms with Crippen molar-refractivity contribution in [3.63, 3.8) is 0 Å². The Morgan fingerprint density at radius 2 is 2.28 bits per heavy atom. The Bertz CT molecular complexity index is 470. The maximum absolute atomic E-state index is 10.8. The van der Waals surface area contributed by atoms with Crippen molar-refractivity contribution in [1.29, 1.82) is 0 Å². The second-order valence-corrected chi connectivity index (χ2v) is 5.31. The molecule has 0 amide bonds. The summed E-state index contributed by atoms with van der Waals surface area (Å²) >= 11 is 9.15. The van der Waals surface area contributed by atoms with Crippen molar-refractivity contribution in [2.45, 2.75) is 24.0 Å². The van der Waals surface area contributed by atoms with Crippen LogP contribution in [0.15, 0.2) is 22.7 Å². The van der Waals surface area contributed by atoms with Gasteiger partial charge in [0, 0.05) is 19.6 Å². The number of methoxy groups -OCH3 is 1. The fourth-order valence-corrected chi connectivity index (χ4v) is 2.78. The molecule has 0 aromatic heterocycles. The number of benzene rings is 1. The van der Waals surface area contributed by atoms with Crippen molar-refractivity contribution in [2.24, 2.45) is 0 Å². The average Bonchev–Trinajstić information content (AvgIpc) is 2.30. The molecule has 0 heterocycles. The van der Waals surface area contributed by atoms with Crippen molar-refractivity contribution < 1.29 is 14.4 Å². The molecule has 0 radical (unpaired) electrons. The molecule has 3 unspecified atom stereocenters. The minimum atomic E-state index is -0.462. The summed E-state index contributed by atoms with van der Waals surface area (Å²) in [5.41, 5.74) is -0.0248. The fraction of sp³-hybridized carbons (Fsp3) is 0.455. The molecule has 0 N–H and O–H groups in total. The highest BCUT2D eigenvalue weighted by atomic mass is 79.9. The van der Waals surface area contributed by atoms with Crippen LogP contribution in [0.1, 0.15) is 6.42 Å². The summed E-state index contributed by atoms with van der Waals surface area (Å²) in [6, 6.07) is 4.66. The second kappa shape index (κ2) is 5.42. The number of nitro benzene ring substituents is 1. The SMILES string of the molecule is COC1C(Cl)CC1Oc1cccc([N+](=O)[O-])c1Br. The number of halogens is 2. The summed E-state index contributed by atoms with van der Waals surface area (Å²) < 4.78 is 11.2. The molecule has 3 atom stereocenters. The lowest BCUT2D eigenvalue weighted by atomic mass is 9.91. The van der Waals surface area contributed by atoms with E-state index in [1.54, 1.807) is 19.2 Å². The number of nitrogens with zero attached hydrogens (tertiary/aromatic N) is 1. The molecule has 0 bridgehead atoms. The van der Waals surface area contributed by atoms with Crippen molar-refractivity contribution in [3.05, 3.63) is 32.8 Å². The lowest BCUT2D eigenvalue weighted by Crippen LogP contribution is -2.52. The molecule has 0 spiro atoms. The van der Waals surface area contributed by atoms with Crippen molar-refractivity contribution in [3.8, 4) is 5.75 Å². The van der Waals surface area contributed by atoms with Crippen LogP contribution in [-0.2, 0) is 4.74 Å². The largest absolute Gasteiger partial charge is 0.486 e. The summed E-state index contributed by atoms with van der Waals surface area (Å²) in [4.78, 5) is 10.3. The van der Waals surface area contributed by atoms with Crippen LogP contribution >= 0.6 is 27.5 Å². The predicted molar refractivity (Wildman–Crippen MR) is 70.3 cm³/mol. The quantitative estimate of drug-likeness (QED) is 0.481. The standard InChI is InChI=1S/C11H11BrClNO4/c1-17-11-6(13)5-9(11)18-8-4-2-3-7(10(8)12)14(15)16/h2-4,6,9,11H,5H2,1H3. The first-order chi connectivity index (χ1) is 8.54. The van der Waals surface area contributed by atoms with E-state index in [1.165, 1.54) is 6.07 Å². The summed E-state index contributed by atoms with van der Waals surface area (Å²) in [6.45, 7) is 0. The van der Waals surface area contributed by atoms with Gasteiger partial charge >= 0.3 is 0 Å². The van der Waals surface area contributed by atoms with Crippen LogP contribution in [-0.4, -0.2) is 29.6 Å². The maximum atomic E-state index is 10.8. The van der Waals surface area contributed by atoms with E-state index in [9.17, 15) is 10.1 Å². The van der Waals surface area contributed by atoms with Crippen molar-refractivity contribution >= 4 is 33.2 Å². The third-order valence-corrected chi connectivity index (χ3v) is 4.09. The van der Waals surface area contributed by atoms with Crippen LogP contribution in [0.25, 0.3) is 0 Å². The van der Waals surface area contributed by atoms with Gasteiger partial charge in [0.2, 0.25) is 0 Å². The zero-order valence-corrected chi connectivity index (χ0v) is 11.8. The second-order valence-electron chi connectivity index (χ2n) is 3.95. The molecule has 1 fully saturated rings. The van der Waals surface area contributed by atoms with Crippen LogP contribution < -0.4 is 4.74 Å². The Hall–Kier alpha value is -0.850. The molecule has 1 aliphatic carbocycles. The van der Waals surface area contributed by atoms with E-state index in [0.29, 0.717) is 16.6 Å². The fourth-order valence-electron chi connectivity index (χ4n) is 1.84. The zero-order valence-electron chi connectivity index (χ0n) is 9.51. The van der Waals surface area contributed by atoms with Crippen LogP contribution in [0.3, 0.4) is 0 Å². The Morgan fingerprint density at radius 1 is 1.56 bits per heavy atom. The first kappa shape index (κ1) is 13.6. The van der Waals surface area contributed by atoms with E-state index in [-0.39, 0.29) is 23.3 Å². The number of rotatable bonds is 4. The number of ether oxygens (including phenoxy) is 2. The molecule has 0 saturated heterocycles. The van der Waals surface area contributed by atoms with E-state index in [1.807, 2.05) is 0 Å². The monoisotopic (exact) mass is 335 g/mol. The minimum absolute atomic E-state index is 0.0248. The molecule has 1 saturated carbocycles. The molecule has 0 aliphatic heterocycles. The Morgan fingerprint density at radius 3 is 2.83 bits per heavy atom. The zero-order chi connectivity index (χ0) is 13.3. The van der Waals surface area contributed by atoms with E-state index < -0.39 is 4.92 Å². The highest BCUT2D eigenvalue weighted by Crippen LogP contribution is 2.38. The number of alkyl halides is 1. The lowest BCUT2D eigenvalue weighted by Gasteiger charge is -2.39. The van der Waals surface area contributed by atoms with E-state index in [0.717, 1.165) is 0 Å². The maximum Gasteiger partial charge on any atom is 0.287 e. The molecule has 1 aromatic carbocycles. The summed E-state index contributed by atoms with van der Waals surface area (Å²) in [5, 5.41) is 10.7. The normalized spacial score (nSPS) is 26.5. The highest BCUT2D eigenvalue weighted by molar-refractivity contribution is 9.10.